The second kappa shape index (κ2) is 4.61. The van der Waals surface area contributed by atoms with E-state index in [-0.39, 0.29) is 11.9 Å². The Morgan fingerprint density at radius 1 is 1.00 bits per heavy atom. The van der Waals surface area contributed by atoms with Crippen LogP contribution < -0.4 is 0 Å². The van der Waals surface area contributed by atoms with Crippen LogP contribution in [0.2, 0.25) is 0 Å². The van der Waals surface area contributed by atoms with Crippen molar-refractivity contribution >= 4 is 5.90 Å². The average Bonchev–Trinajstić information content (AvgIpc) is 2.90. The Morgan fingerprint density at radius 2 is 1.72 bits per heavy atom. The van der Waals surface area contributed by atoms with Gasteiger partial charge in [-0.1, -0.05) is 42.5 Å². The van der Waals surface area contributed by atoms with Crippen LogP contribution in [0.15, 0.2) is 59.6 Å². The van der Waals surface area contributed by atoms with Crippen LogP contribution in [0.1, 0.15) is 17.2 Å². The fraction of sp³-hybridized carbons (Fsp3) is 0.133. The maximum atomic E-state index is 13.6. The van der Waals surface area contributed by atoms with Gasteiger partial charge in [-0.25, -0.2) is 9.38 Å². The van der Waals surface area contributed by atoms with E-state index < -0.39 is 0 Å². The number of hydrogen-bond acceptors (Lipinski definition) is 2. The van der Waals surface area contributed by atoms with Gasteiger partial charge in [0.1, 0.15) is 18.5 Å². The standard InChI is InChI=1S/C15H12FNO/c16-13-9-5-4-8-12(13)15-17-14(10-18-15)11-6-2-1-3-7-11/h1-9,14H,10H2. The summed E-state index contributed by atoms with van der Waals surface area (Å²) in [5.74, 6) is 0.0897. The molecule has 1 atom stereocenters. The minimum atomic E-state index is -0.301. The van der Waals surface area contributed by atoms with E-state index in [4.69, 9.17) is 4.74 Å². The van der Waals surface area contributed by atoms with Crippen LogP contribution in [0.25, 0.3) is 0 Å². The Balaban J connectivity index is 1.91. The molecule has 2 aromatic rings. The van der Waals surface area contributed by atoms with Gasteiger partial charge in [0.2, 0.25) is 5.90 Å². The molecule has 1 aliphatic heterocycles. The van der Waals surface area contributed by atoms with Crippen LogP contribution >= 0.6 is 0 Å². The first-order valence-corrected chi connectivity index (χ1v) is 5.85. The first-order chi connectivity index (χ1) is 8.84. The minimum Gasteiger partial charge on any atom is -0.475 e. The van der Waals surface area contributed by atoms with Crippen molar-refractivity contribution in [3.63, 3.8) is 0 Å². The van der Waals surface area contributed by atoms with Gasteiger partial charge in [-0.15, -0.1) is 0 Å². The van der Waals surface area contributed by atoms with E-state index in [1.807, 2.05) is 30.3 Å². The van der Waals surface area contributed by atoms with Gasteiger partial charge >= 0.3 is 0 Å². The molecule has 3 heteroatoms. The van der Waals surface area contributed by atoms with E-state index in [0.717, 1.165) is 5.56 Å². The second-order valence-corrected chi connectivity index (χ2v) is 4.15. The first kappa shape index (κ1) is 11.0. The van der Waals surface area contributed by atoms with Crippen LogP contribution in [-0.4, -0.2) is 12.5 Å². The van der Waals surface area contributed by atoms with Gasteiger partial charge in [0.15, 0.2) is 0 Å². The Labute approximate surface area is 105 Å². The molecular formula is C15H12FNO. The van der Waals surface area contributed by atoms with Crippen LogP contribution in [-0.2, 0) is 4.74 Å². The zero-order chi connectivity index (χ0) is 12.4. The van der Waals surface area contributed by atoms with Crippen LogP contribution in [0.5, 0.6) is 0 Å². The summed E-state index contributed by atoms with van der Waals surface area (Å²) >= 11 is 0. The van der Waals surface area contributed by atoms with E-state index in [0.29, 0.717) is 18.1 Å². The molecule has 0 saturated heterocycles. The molecule has 0 saturated carbocycles. The van der Waals surface area contributed by atoms with Crippen LogP contribution in [0, 0.1) is 5.82 Å². The highest BCUT2D eigenvalue weighted by Gasteiger charge is 2.22. The molecular weight excluding hydrogens is 229 g/mol. The lowest BCUT2D eigenvalue weighted by atomic mass is 10.1. The molecule has 0 spiro atoms. The summed E-state index contributed by atoms with van der Waals surface area (Å²) in [5, 5.41) is 0. The molecule has 1 unspecified atom stereocenters. The van der Waals surface area contributed by atoms with Crippen molar-refractivity contribution < 1.29 is 9.13 Å². The van der Waals surface area contributed by atoms with Gasteiger partial charge in [-0.3, -0.25) is 0 Å². The topological polar surface area (TPSA) is 21.6 Å². The second-order valence-electron chi connectivity index (χ2n) is 4.15. The Bertz CT molecular complexity index is 580. The van der Waals surface area contributed by atoms with Gasteiger partial charge < -0.3 is 4.74 Å². The number of rotatable bonds is 2. The number of benzene rings is 2. The lowest BCUT2D eigenvalue weighted by Crippen LogP contribution is -2.03. The third-order valence-corrected chi connectivity index (χ3v) is 2.94. The van der Waals surface area contributed by atoms with Crippen LogP contribution in [0.4, 0.5) is 4.39 Å². The van der Waals surface area contributed by atoms with Gasteiger partial charge in [-0.2, -0.15) is 0 Å². The first-order valence-electron chi connectivity index (χ1n) is 5.85. The van der Waals surface area contributed by atoms with E-state index >= 15 is 0 Å². The highest BCUT2D eigenvalue weighted by Crippen LogP contribution is 2.25. The molecule has 18 heavy (non-hydrogen) atoms. The van der Waals surface area contributed by atoms with Crippen molar-refractivity contribution in [1.82, 2.24) is 0 Å². The van der Waals surface area contributed by atoms with Gasteiger partial charge in [-0.05, 0) is 17.7 Å². The van der Waals surface area contributed by atoms with Crippen molar-refractivity contribution in [3.05, 3.63) is 71.5 Å². The fourth-order valence-corrected chi connectivity index (χ4v) is 2.00. The van der Waals surface area contributed by atoms with Gasteiger partial charge in [0, 0.05) is 0 Å². The molecule has 2 aromatic carbocycles. The summed E-state index contributed by atoms with van der Waals surface area (Å²) < 4.78 is 19.1. The van der Waals surface area contributed by atoms with Crippen molar-refractivity contribution in [2.75, 3.05) is 6.61 Å². The summed E-state index contributed by atoms with van der Waals surface area (Å²) in [7, 11) is 0. The summed E-state index contributed by atoms with van der Waals surface area (Å²) in [6.45, 7) is 0.466. The van der Waals surface area contributed by atoms with E-state index in [1.165, 1.54) is 6.07 Å². The predicted octanol–water partition coefficient (Wildman–Crippen LogP) is 3.34. The zero-order valence-corrected chi connectivity index (χ0v) is 9.71. The fourth-order valence-electron chi connectivity index (χ4n) is 2.00. The average molecular weight is 241 g/mol. The minimum absolute atomic E-state index is 0.0409. The highest BCUT2D eigenvalue weighted by atomic mass is 19.1. The van der Waals surface area contributed by atoms with Crippen LogP contribution in [0.3, 0.4) is 0 Å². The van der Waals surface area contributed by atoms with E-state index in [2.05, 4.69) is 4.99 Å². The number of aliphatic imine (C=N–C) groups is 1. The summed E-state index contributed by atoms with van der Waals surface area (Å²) in [4.78, 5) is 4.44. The van der Waals surface area contributed by atoms with E-state index in [9.17, 15) is 4.39 Å². The Morgan fingerprint density at radius 3 is 2.50 bits per heavy atom. The zero-order valence-electron chi connectivity index (χ0n) is 9.71. The maximum absolute atomic E-state index is 13.6. The molecule has 2 nitrogen and oxygen atoms in total. The normalized spacial score (nSPS) is 18.3. The molecule has 0 amide bonds. The molecule has 0 radical (unpaired) electrons. The predicted molar refractivity (Wildman–Crippen MR) is 68.1 cm³/mol. The lowest BCUT2D eigenvalue weighted by Gasteiger charge is -2.03. The number of ether oxygens (including phenoxy) is 1. The summed E-state index contributed by atoms with van der Waals surface area (Å²) in [6.07, 6.45) is 0. The SMILES string of the molecule is Fc1ccccc1C1=NC(c2ccccc2)CO1. The Hall–Kier alpha value is -2.16. The third kappa shape index (κ3) is 1.99. The number of halogens is 1. The summed E-state index contributed by atoms with van der Waals surface area (Å²) in [6, 6.07) is 16.4. The van der Waals surface area contributed by atoms with Gasteiger partial charge in [0.25, 0.3) is 0 Å². The lowest BCUT2D eigenvalue weighted by molar-refractivity contribution is 0.319. The molecule has 0 bridgehead atoms. The maximum Gasteiger partial charge on any atom is 0.219 e. The highest BCUT2D eigenvalue weighted by molar-refractivity contribution is 5.95. The third-order valence-electron chi connectivity index (χ3n) is 2.94. The molecule has 3 rings (SSSR count). The molecule has 0 aromatic heterocycles. The molecule has 90 valence electrons. The quantitative estimate of drug-likeness (QED) is 0.790. The van der Waals surface area contributed by atoms with Gasteiger partial charge in [0.05, 0.1) is 5.56 Å². The Kier molecular flexibility index (Phi) is 2.81. The molecule has 1 aliphatic rings. The monoisotopic (exact) mass is 241 g/mol. The largest absolute Gasteiger partial charge is 0.475 e. The smallest absolute Gasteiger partial charge is 0.219 e. The van der Waals surface area contributed by atoms with E-state index in [1.54, 1.807) is 18.2 Å². The number of hydrogen-bond donors (Lipinski definition) is 0. The van der Waals surface area contributed by atoms with Crippen molar-refractivity contribution in [2.24, 2.45) is 4.99 Å². The van der Waals surface area contributed by atoms with Crippen molar-refractivity contribution in [3.8, 4) is 0 Å². The van der Waals surface area contributed by atoms with Crippen molar-refractivity contribution in [2.45, 2.75) is 6.04 Å². The molecule has 0 aliphatic carbocycles. The molecule has 0 fully saturated rings. The number of nitrogens with zero attached hydrogens (tertiary/aromatic N) is 1. The molecule has 0 N–H and O–H groups in total. The van der Waals surface area contributed by atoms with Crippen molar-refractivity contribution in [1.29, 1.82) is 0 Å². The molecule has 1 heterocycles. The summed E-state index contributed by atoms with van der Waals surface area (Å²) in [5.41, 5.74) is 1.51.